The third-order valence-electron chi connectivity index (χ3n) is 5.55. The van der Waals surface area contributed by atoms with Crippen LogP contribution in [-0.2, 0) is 6.42 Å². The van der Waals surface area contributed by atoms with Crippen LogP contribution in [0.15, 0.2) is 12.3 Å². The molecule has 3 rings (SSSR count). The molecule has 0 saturated carbocycles. The van der Waals surface area contributed by atoms with E-state index in [2.05, 4.69) is 58.4 Å². The number of aryl methyl sites for hydroxylation is 4. The summed E-state index contributed by atoms with van der Waals surface area (Å²) in [5.74, 6) is 0.398. The van der Waals surface area contributed by atoms with Crippen molar-refractivity contribution >= 4 is 11.2 Å². The topological polar surface area (TPSA) is 63.8 Å². The molecule has 0 spiro atoms. The van der Waals surface area contributed by atoms with Crippen molar-refractivity contribution in [3.05, 3.63) is 40.5 Å². The zero-order valence-electron chi connectivity index (χ0n) is 18.2. The normalized spacial score (nSPS) is 12.9. The Morgan fingerprint density at radius 1 is 1.04 bits per heavy atom. The van der Waals surface area contributed by atoms with Gasteiger partial charge in [-0.2, -0.15) is 0 Å². The molecule has 0 saturated heterocycles. The van der Waals surface area contributed by atoms with E-state index in [-0.39, 0.29) is 12.6 Å². The van der Waals surface area contributed by atoms with E-state index in [9.17, 15) is 5.11 Å². The second-order valence-corrected chi connectivity index (χ2v) is 7.99. The van der Waals surface area contributed by atoms with Crippen LogP contribution < -0.4 is 0 Å². The van der Waals surface area contributed by atoms with Crippen molar-refractivity contribution in [2.75, 3.05) is 6.61 Å². The van der Waals surface area contributed by atoms with E-state index in [1.165, 1.54) is 5.56 Å². The lowest BCUT2D eigenvalue weighted by Crippen LogP contribution is -2.12. The quantitative estimate of drug-likeness (QED) is 0.650. The van der Waals surface area contributed by atoms with Crippen molar-refractivity contribution in [2.24, 2.45) is 0 Å². The van der Waals surface area contributed by atoms with E-state index in [0.717, 1.165) is 57.9 Å². The molecule has 5 nitrogen and oxygen atoms in total. The molecular formula is C23H32N4O. The Morgan fingerprint density at radius 2 is 1.75 bits per heavy atom. The SMILES string of the molecule is CCc1nc(C(C)C)c(C)cc1-c1nc2c(C)cn([C@H](CC)CO)c2nc1C. The van der Waals surface area contributed by atoms with E-state index in [1.54, 1.807) is 0 Å². The van der Waals surface area contributed by atoms with Gasteiger partial charge in [0.1, 0.15) is 5.52 Å². The lowest BCUT2D eigenvalue weighted by atomic mass is 9.98. The molecular weight excluding hydrogens is 348 g/mol. The second kappa shape index (κ2) is 8.00. The molecule has 5 heteroatoms. The molecule has 1 atom stereocenters. The van der Waals surface area contributed by atoms with Crippen molar-refractivity contribution in [1.82, 2.24) is 19.5 Å². The molecule has 28 heavy (non-hydrogen) atoms. The number of aliphatic hydroxyl groups is 1. The monoisotopic (exact) mass is 380 g/mol. The van der Waals surface area contributed by atoms with Gasteiger partial charge in [-0.05, 0) is 56.7 Å². The smallest absolute Gasteiger partial charge is 0.159 e. The molecule has 0 aliphatic rings. The molecule has 0 bridgehead atoms. The molecule has 0 fully saturated rings. The highest BCUT2D eigenvalue weighted by atomic mass is 16.3. The van der Waals surface area contributed by atoms with Crippen LogP contribution in [0.25, 0.3) is 22.4 Å². The standard InChI is InChI=1S/C23H32N4O/c1-8-17(12-28)27-11-15(6)21-23(27)24-16(7)22(26-21)18-10-14(5)20(13(3)4)25-19(18)9-2/h10-11,13,17,28H,8-9,12H2,1-7H3/t17-/m1/s1. The molecule has 3 aromatic rings. The van der Waals surface area contributed by atoms with Gasteiger partial charge in [0.15, 0.2) is 5.65 Å². The minimum atomic E-state index is 0.0242. The lowest BCUT2D eigenvalue weighted by molar-refractivity contribution is 0.227. The van der Waals surface area contributed by atoms with Gasteiger partial charge in [-0.25, -0.2) is 9.97 Å². The first-order valence-electron chi connectivity index (χ1n) is 10.3. The van der Waals surface area contributed by atoms with Crippen LogP contribution in [0.4, 0.5) is 0 Å². The Hall–Kier alpha value is -2.27. The predicted molar refractivity (Wildman–Crippen MR) is 115 cm³/mol. The van der Waals surface area contributed by atoms with Gasteiger partial charge >= 0.3 is 0 Å². The number of nitrogens with zero attached hydrogens (tertiary/aromatic N) is 4. The molecule has 1 N–H and O–H groups in total. The average Bonchev–Trinajstić information content (AvgIpc) is 2.97. The summed E-state index contributed by atoms with van der Waals surface area (Å²) in [5, 5.41) is 9.74. The number of hydrogen-bond donors (Lipinski definition) is 1. The highest BCUT2D eigenvalue weighted by Crippen LogP contribution is 2.31. The Kier molecular flexibility index (Phi) is 5.84. The number of aromatic nitrogens is 4. The van der Waals surface area contributed by atoms with Crippen LogP contribution in [0.1, 0.15) is 74.3 Å². The lowest BCUT2D eigenvalue weighted by Gasteiger charge is -2.17. The minimum absolute atomic E-state index is 0.0242. The molecule has 150 valence electrons. The summed E-state index contributed by atoms with van der Waals surface area (Å²) < 4.78 is 2.07. The summed E-state index contributed by atoms with van der Waals surface area (Å²) in [6.07, 6.45) is 3.77. The van der Waals surface area contributed by atoms with Gasteiger partial charge in [0.2, 0.25) is 0 Å². The van der Waals surface area contributed by atoms with Crippen LogP contribution in [0.5, 0.6) is 0 Å². The number of rotatable bonds is 6. The maximum Gasteiger partial charge on any atom is 0.159 e. The molecule has 0 radical (unpaired) electrons. The Balaban J connectivity index is 2.24. The van der Waals surface area contributed by atoms with E-state index in [0.29, 0.717) is 5.92 Å². The van der Waals surface area contributed by atoms with Crippen LogP contribution in [0, 0.1) is 20.8 Å². The Morgan fingerprint density at radius 3 is 2.32 bits per heavy atom. The van der Waals surface area contributed by atoms with Crippen molar-refractivity contribution in [2.45, 2.75) is 73.3 Å². The zero-order valence-corrected chi connectivity index (χ0v) is 18.2. The first kappa shape index (κ1) is 20.5. The maximum absolute atomic E-state index is 9.74. The van der Waals surface area contributed by atoms with Gasteiger partial charge < -0.3 is 9.67 Å². The Bertz CT molecular complexity index is 1000. The van der Waals surface area contributed by atoms with E-state index in [1.807, 2.05) is 6.92 Å². The van der Waals surface area contributed by atoms with Crippen molar-refractivity contribution in [3.8, 4) is 11.3 Å². The van der Waals surface area contributed by atoms with Crippen molar-refractivity contribution < 1.29 is 5.11 Å². The predicted octanol–water partition coefficient (Wildman–Crippen LogP) is 5.05. The average molecular weight is 381 g/mol. The molecule has 0 amide bonds. The first-order valence-corrected chi connectivity index (χ1v) is 10.3. The summed E-state index contributed by atoms with van der Waals surface area (Å²) in [5.41, 5.74) is 9.15. The number of pyridine rings is 1. The summed E-state index contributed by atoms with van der Waals surface area (Å²) in [6.45, 7) is 14.9. The fraction of sp³-hybridized carbons (Fsp3) is 0.522. The Labute approximate surface area is 167 Å². The van der Waals surface area contributed by atoms with Crippen LogP contribution in [-0.4, -0.2) is 31.2 Å². The fourth-order valence-corrected chi connectivity index (χ4v) is 3.96. The summed E-state index contributed by atoms with van der Waals surface area (Å²) >= 11 is 0. The van der Waals surface area contributed by atoms with Gasteiger partial charge in [0.05, 0.1) is 24.0 Å². The van der Waals surface area contributed by atoms with E-state index in [4.69, 9.17) is 15.0 Å². The van der Waals surface area contributed by atoms with Crippen molar-refractivity contribution in [1.29, 1.82) is 0 Å². The summed E-state index contributed by atoms with van der Waals surface area (Å²) in [7, 11) is 0. The van der Waals surface area contributed by atoms with Gasteiger partial charge in [-0.15, -0.1) is 0 Å². The van der Waals surface area contributed by atoms with Gasteiger partial charge in [0, 0.05) is 23.1 Å². The molecule has 3 heterocycles. The van der Waals surface area contributed by atoms with Crippen LogP contribution in [0.3, 0.4) is 0 Å². The molecule has 0 unspecified atom stereocenters. The van der Waals surface area contributed by atoms with E-state index >= 15 is 0 Å². The number of hydrogen-bond acceptors (Lipinski definition) is 4. The summed E-state index contributed by atoms with van der Waals surface area (Å²) in [4.78, 5) is 14.9. The number of aliphatic hydroxyl groups excluding tert-OH is 1. The third-order valence-corrected chi connectivity index (χ3v) is 5.55. The summed E-state index contributed by atoms with van der Waals surface area (Å²) in [6, 6.07) is 2.25. The molecule has 3 aromatic heterocycles. The minimum Gasteiger partial charge on any atom is -0.394 e. The molecule has 0 aliphatic carbocycles. The van der Waals surface area contributed by atoms with E-state index < -0.39 is 0 Å². The maximum atomic E-state index is 9.74. The highest BCUT2D eigenvalue weighted by Gasteiger charge is 2.20. The molecule has 0 aliphatic heterocycles. The van der Waals surface area contributed by atoms with Crippen LogP contribution in [0.2, 0.25) is 0 Å². The fourth-order valence-electron chi connectivity index (χ4n) is 3.96. The van der Waals surface area contributed by atoms with Crippen molar-refractivity contribution in [3.63, 3.8) is 0 Å². The van der Waals surface area contributed by atoms with Crippen LogP contribution >= 0.6 is 0 Å². The number of fused-ring (bicyclic) bond motifs is 1. The highest BCUT2D eigenvalue weighted by molar-refractivity contribution is 5.80. The van der Waals surface area contributed by atoms with Gasteiger partial charge in [-0.1, -0.05) is 27.7 Å². The van der Waals surface area contributed by atoms with Gasteiger partial charge in [0.25, 0.3) is 0 Å². The second-order valence-electron chi connectivity index (χ2n) is 7.99. The first-order chi connectivity index (χ1) is 13.3. The molecule has 0 aromatic carbocycles. The van der Waals surface area contributed by atoms with Gasteiger partial charge in [-0.3, -0.25) is 4.98 Å². The zero-order chi connectivity index (χ0) is 20.6. The largest absolute Gasteiger partial charge is 0.394 e. The third kappa shape index (κ3) is 3.44.